The third kappa shape index (κ3) is 2.91. The topological polar surface area (TPSA) is 64.3 Å². The van der Waals surface area contributed by atoms with Gasteiger partial charge in [0.15, 0.2) is 0 Å². The number of nitrogens with two attached hydrogens (primary N) is 1. The number of hydrogen-bond donors (Lipinski definition) is 2. The number of benzene rings is 1. The molecule has 0 saturated carbocycles. The second-order valence-corrected chi connectivity index (χ2v) is 6.19. The molecule has 1 atom stereocenters. The van der Waals surface area contributed by atoms with Crippen LogP contribution >= 0.6 is 27.3 Å². The van der Waals surface area contributed by atoms with Gasteiger partial charge < -0.3 is 15.8 Å². The van der Waals surface area contributed by atoms with E-state index in [4.69, 9.17) is 10.5 Å². The fourth-order valence-electron chi connectivity index (χ4n) is 1.88. The van der Waals surface area contributed by atoms with Gasteiger partial charge in [0.05, 0.1) is 12.3 Å². The van der Waals surface area contributed by atoms with Crippen LogP contribution in [0.15, 0.2) is 22.7 Å². The van der Waals surface area contributed by atoms with Crippen LogP contribution in [-0.2, 0) is 4.74 Å². The fraction of sp³-hybridized carbons (Fsp3) is 0.308. The molecule has 0 spiro atoms. The van der Waals surface area contributed by atoms with Gasteiger partial charge in [-0.05, 0) is 19.1 Å². The fourth-order valence-corrected chi connectivity index (χ4v) is 3.64. The Bertz CT molecular complexity index is 612. The summed E-state index contributed by atoms with van der Waals surface area (Å²) in [7, 11) is 1.60. The number of carbonyl (C=O) groups is 1. The van der Waals surface area contributed by atoms with Crippen LogP contribution < -0.4 is 11.1 Å². The summed E-state index contributed by atoms with van der Waals surface area (Å²) in [5.74, 6) is -0.157. The summed E-state index contributed by atoms with van der Waals surface area (Å²) in [6.07, 6.45) is 0. The predicted octanol–water partition coefficient (Wildman–Crippen LogP) is 3.01. The van der Waals surface area contributed by atoms with E-state index < -0.39 is 0 Å². The number of ether oxygens (including phenoxy) is 1. The molecule has 2 rings (SSSR count). The maximum atomic E-state index is 12.2. The van der Waals surface area contributed by atoms with E-state index in [2.05, 4.69) is 21.2 Å². The first-order valence-electron chi connectivity index (χ1n) is 5.81. The molecular formula is C13H15BrN2O2S. The zero-order valence-corrected chi connectivity index (χ0v) is 13.1. The number of methoxy groups -OCH3 is 1. The van der Waals surface area contributed by atoms with Gasteiger partial charge >= 0.3 is 0 Å². The minimum absolute atomic E-state index is 0.0504. The molecule has 2 aromatic rings. The van der Waals surface area contributed by atoms with Crippen LogP contribution in [0.2, 0.25) is 0 Å². The Hall–Kier alpha value is -1.11. The molecular weight excluding hydrogens is 328 g/mol. The second kappa shape index (κ2) is 5.90. The van der Waals surface area contributed by atoms with E-state index in [9.17, 15) is 4.79 Å². The highest BCUT2D eigenvalue weighted by molar-refractivity contribution is 9.10. The molecule has 0 bridgehead atoms. The van der Waals surface area contributed by atoms with Crippen molar-refractivity contribution in [3.8, 4) is 0 Å². The summed E-state index contributed by atoms with van der Waals surface area (Å²) in [6, 6.07) is 5.75. The van der Waals surface area contributed by atoms with Crippen LogP contribution in [-0.4, -0.2) is 25.7 Å². The van der Waals surface area contributed by atoms with E-state index >= 15 is 0 Å². The largest absolute Gasteiger partial charge is 0.397 e. The van der Waals surface area contributed by atoms with Gasteiger partial charge in [0.1, 0.15) is 4.88 Å². The molecule has 102 valence electrons. The Balaban J connectivity index is 2.33. The van der Waals surface area contributed by atoms with Crippen LogP contribution in [0.1, 0.15) is 16.6 Å². The number of carbonyl (C=O) groups excluding carboxylic acids is 1. The molecule has 19 heavy (non-hydrogen) atoms. The number of nitrogen functional groups attached to an aromatic ring is 1. The number of amides is 1. The van der Waals surface area contributed by atoms with Crippen molar-refractivity contribution in [2.45, 2.75) is 13.0 Å². The Morgan fingerprint density at radius 3 is 2.95 bits per heavy atom. The van der Waals surface area contributed by atoms with Crippen molar-refractivity contribution in [2.24, 2.45) is 0 Å². The summed E-state index contributed by atoms with van der Waals surface area (Å²) < 4.78 is 6.90. The third-order valence-electron chi connectivity index (χ3n) is 2.70. The van der Waals surface area contributed by atoms with Gasteiger partial charge in [-0.15, -0.1) is 11.3 Å². The van der Waals surface area contributed by atoms with Gasteiger partial charge in [0.25, 0.3) is 5.91 Å². The van der Waals surface area contributed by atoms with Gasteiger partial charge in [-0.25, -0.2) is 0 Å². The first-order valence-corrected chi connectivity index (χ1v) is 7.41. The van der Waals surface area contributed by atoms with Crippen LogP contribution in [0.25, 0.3) is 10.1 Å². The average Bonchev–Trinajstić information content (AvgIpc) is 2.68. The van der Waals surface area contributed by atoms with Crippen molar-refractivity contribution in [3.63, 3.8) is 0 Å². The highest BCUT2D eigenvalue weighted by atomic mass is 79.9. The quantitative estimate of drug-likeness (QED) is 0.897. The van der Waals surface area contributed by atoms with E-state index in [1.165, 1.54) is 11.3 Å². The minimum atomic E-state index is -0.157. The van der Waals surface area contributed by atoms with Gasteiger partial charge in [0, 0.05) is 27.7 Å². The Morgan fingerprint density at radius 2 is 2.32 bits per heavy atom. The standard InChI is InChI=1S/C13H15BrN2O2S/c1-7(6-18-2)16-13(17)12-11(15)10-8(14)4-3-5-9(10)19-12/h3-5,7H,6,15H2,1-2H3,(H,16,17). The maximum Gasteiger partial charge on any atom is 0.263 e. The molecule has 3 N–H and O–H groups in total. The lowest BCUT2D eigenvalue weighted by molar-refractivity contribution is 0.0910. The average molecular weight is 343 g/mol. The van der Waals surface area contributed by atoms with Crippen molar-refractivity contribution < 1.29 is 9.53 Å². The molecule has 1 amide bonds. The third-order valence-corrected chi connectivity index (χ3v) is 4.53. The highest BCUT2D eigenvalue weighted by Crippen LogP contribution is 2.38. The Labute approximate surface area is 124 Å². The van der Waals surface area contributed by atoms with Gasteiger partial charge in [-0.3, -0.25) is 4.79 Å². The van der Waals surface area contributed by atoms with E-state index in [1.807, 2.05) is 25.1 Å². The minimum Gasteiger partial charge on any atom is -0.397 e. The number of thiophene rings is 1. The number of fused-ring (bicyclic) bond motifs is 1. The normalized spacial score (nSPS) is 12.6. The van der Waals surface area contributed by atoms with Crippen molar-refractivity contribution in [1.82, 2.24) is 5.32 Å². The van der Waals surface area contributed by atoms with Gasteiger partial charge in [0.2, 0.25) is 0 Å². The monoisotopic (exact) mass is 342 g/mol. The van der Waals surface area contributed by atoms with E-state index in [0.29, 0.717) is 17.2 Å². The lowest BCUT2D eigenvalue weighted by Gasteiger charge is -2.12. The zero-order valence-electron chi connectivity index (χ0n) is 10.7. The molecule has 6 heteroatoms. The number of anilines is 1. The molecule has 0 aliphatic heterocycles. The van der Waals surface area contributed by atoms with Crippen molar-refractivity contribution in [2.75, 3.05) is 19.5 Å². The Morgan fingerprint density at radius 1 is 1.58 bits per heavy atom. The molecule has 0 fully saturated rings. The summed E-state index contributed by atoms with van der Waals surface area (Å²) in [5.41, 5.74) is 6.60. The Kier molecular flexibility index (Phi) is 4.44. The summed E-state index contributed by atoms with van der Waals surface area (Å²) >= 11 is 4.86. The van der Waals surface area contributed by atoms with Crippen molar-refractivity contribution in [1.29, 1.82) is 0 Å². The van der Waals surface area contributed by atoms with E-state index in [-0.39, 0.29) is 11.9 Å². The second-order valence-electron chi connectivity index (χ2n) is 4.29. The van der Waals surface area contributed by atoms with Crippen LogP contribution in [0.4, 0.5) is 5.69 Å². The molecule has 1 aromatic heterocycles. The first kappa shape index (κ1) is 14.3. The lowest BCUT2D eigenvalue weighted by Crippen LogP contribution is -2.35. The summed E-state index contributed by atoms with van der Waals surface area (Å²) in [6.45, 7) is 2.36. The smallest absolute Gasteiger partial charge is 0.263 e. The highest BCUT2D eigenvalue weighted by Gasteiger charge is 2.19. The van der Waals surface area contributed by atoms with Gasteiger partial charge in [-0.1, -0.05) is 22.0 Å². The number of hydrogen-bond acceptors (Lipinski definition) is 4. The molecule has 0 aliphatic rings. The zero-order chi connectivity index (χ0) is 14.0. The predicted molar refractivity (Wildman–Crippen MR) is 82.7 cm³/mol. The number of nitrogens with one attached hydrogen (secondary N) is 1. The molecule has 0 saturated heterocycles. The SMILES string of the molecule is COCC(C)NC(=O)c1sc2cccc(Br)c2c1N. The summed E-state index contributed by atoms with van der Waals surface area (Å²) in [4.78, 5) is 12.7. The lowest BCUT2D eigenvalue weighted by atomic mass is 10.2. The van der Waals surface area contributed by atoms with Crippen molar-refractivity contribution in [3.05, 3.63) is 27.5 Å². The van der Waals surface area contributed by atoms with E-state index in [1.54, 1.807) is 7.11 Å². The van der Waals surface area contributed by atoms with Crippen LogP contribution in [0, 0.1) is 0 Å². The number of halogens is 1. The molecule has 1 unspecified atom stereocenters. The van der Waals surface area contributed by atoms with Crippen LogP contribution in [0.3, 0.4) is 0 Å². The van der Waals surface area contributed by atoms with E-state index in [0.717, 1.165) is 14.6 Å². The summed E-state index contributed by atoms with van der Waals surface area (Å²) in [5, 5.41) is 3.77. The molecule has 1 aromatic carbocycles. The maximum absolute atomic E-state index is 12.2. The first-order chi connectivity index (χ1) is 9.04. The molecule has 4 nitrogen and oxygen atoms in total. The molecule has 0 aliphatic carbocycles. The molecule has 0 radical (unpaired) electrons. The van der Waals surface area contributed by atoms with Crippen LogP contribution in [0.5, 0.6) is 0 Å². The molecule has 1 heterocycles. The van der Waals surface area contributed by atoms with Gasteiger partial charge in [-0.2, -0.15) is 0 Å². The van der Waals surface area contributed by atoms with Crippen molar-refractivity contribution >= 4 is 48.9 Å². The number of rotatable bonds is 4.